The van der Waals surface area contributed by atoms with E-state index in [9.17, 15) is 17.6 Å². The zero-order chi connectivity index (χ0) is 18.0. The number of rotatable bonds is 5. The molecule has 0 atom stereocenters. The topological polar surface area (TPSA) is 88.2 Å². The number of sulfone groups is 1. The zero-order valence-corrected chi connectivity index (χ0v) is 14.9. The Kier molecular flexibility index (Phi) is 4.89. The Balaban J connectivity index is 1.65. The highest BCUT2D eigenvalue weighted by molar-refractivity contribution is 7.92. The van der Waals surface area contributed by atoms with Gasteiger partial charge in [-0.3, -0.25) is 15.6 Å². The van der Waals surface area contributed by atoms with Gasteiger partial charge >= 0.3 is 0 Å². The quantitative estimate of drug-likeness (QED) is 0.508. The normalized spacial score (nSPS) is 11.4. The summed E-state index contributed by atoms with van der Waals surface area (Å²) in [6.07, 6.45) is 0. The standard InChI is InChI=1S/C15H11ClFN3O3S2/c16-11-2-1-3-12-14(11)18-15(24-12)20-19-13(21)8-25(22,23)10-6-4-9(17)5-7-10/h1-7H,8H2,(H,18,20)(H,19,21). The largest absolute Gasteiger partial charge is 0.273 e. The highest BCUT2D eigenvalue weighted by Gasteiger charge is 2.19. The van der Waals surface area contributed by atoms with Crippen molar-refractivity contribution in [1.29, 1.82) is 0 Å². The summed E-state index contributed by atoms with van der Waals surface area (Å²) in [7, 11) is -3.87. The first-order chi connectivity index (χ1) is 11.8. The predicted octanol–water partition coefficient (Wildman–Crippen LogP) is 3.01. The predicted molar refractivity (Wildman–Crippen MR) is 94.8 cm³/mol. The Bertz CT molecular complexity index is 1040. The van der Waals surface area contributed by atoms with Crippen molar-refractivity contribution in [1.82, 2.24) is 10.4 Å². The number of para-hydroxylation sites is 1. The van der Waals surface area contributed by atoms with Gasteiger partial charge in [0.1, 0.15) is 17.1 Å². The van der Waals surface area contributed by atoms with Gasteiger partial charge in [0.2, 0.25) is 5.13 Å². The summed E-state index contributed by atoms with van der Waals surface area (Å²) < 4.78 is 37.9. The van der Waals surface area contributed by atoms with Crippen molar-refractivity contribution in [2.45, 2.75) is 4.90 Å². The Morgan fingerprint density at radius 3 is 2.60 bits per heavy atom. The number of carbonyl (C=O) groups excluding carboxylic acids is 1. The number of anilines is 1. The number of fused-ring (bicyclic) bond motifs is 1. The maximum Gasteiger partial charge on any atom is 0.253 e. The molecular weight excluding hydrogens is 389 g/mol. The molecule has 0 spiro atoms. The molecule has 2 N–H and O–H groups in total. The first-order valence-corrected chi connectivity index (χ1v) is 9.78. The molecule has 1 amide bonds. The third-order valence-corrected chi connectivity index (χ3v) is 6.05. The van der Waals surface area contributed by atoms with Crippen molar-refractivity contribution in [3.05, 3.63) is 53.3 Å². The van der Waals surface area contributed by atoms with Crippen molar-refractivity contribution in [2.24, 2.45) is 0 Å². The summed E-state index contributed by atoms with van der Waals surface area (Å²) in [4.78, 5) is 16.0. The van der Waals surface area contributed by atoms with Crippen molar-refractivity contribution < 1.29 is 17.6 Å². The van der Waals surface area contributed by atoms with Gasteiger partial charge in [0.05, 0.1) is 14.6 Å². The van der Waals surface area contributed by atoms with E-state index in [4.69, 9.17) is 11.6 Å². The molecule has 25 heavy (non-hydrogen) atoms. The van der Waals surface area contributed by atoms with Gasteiger partial charge in [0.15, 0.2) is 9.84 Å². The van der Waals surface area contributed by atoms with E-state index >= 15 is 0 Å². The van der Waals surface area contributed by atoms with E-state index in [0.717, 1.165) is 29.0 Å². The third-order valence-electron chi connectivity index (χ3n) is 3.17. The van der Waals surface area contributed by atoms with Crippen LogP contribution in [0.1, 0.15) is 0 Å². The lowest BCUT2D eigenvalue weighted by Gasteiger charge is -2.06. The number of carbonyl (C=O) groups is 1. The van der Waals surface area contributed by atoms with Crippen LogP contribution >= 0.6 is 22.9 Å². The molecule has 10 heteroatoms. The minimum atomic E-state index is -3.87. The molecule has 0 unspecified atom stereocenters. The van der Waals surface area contributed by atoms with Gasteiger partial charge in [0, 0.05) is 0 Å². The van der Waals surface area contributed by atoms with Crippen LogP contribution in [0.2, 0.25) is 5.02 Å². The van der Waals surface area contributed by atoms with Crippen LogP contribution in [0.4, 0.5) is 9.52 Å². The molecule has 0 bridgehead atoms. The van der Waals surface area contributed by atoms with E-state index in [1.165, 1.54) is 11.3 Å². The van der Waals surface area contributed by atoms with E-state index in [1.807, 2.05) is 6.07 Å². The monoisotopic (exact) mass is 399 g/mol. The van der Waals surface area contributed by atoms with E-state index in [-0.39, 0.29) is 4.90 Å². The molecule has 0 fully saturated rings. The number of hydrogen-bond acceptors (Lipinski definition) is 6. The molecule has 0 aliphatic rings. The third kappa shape index (κ3) is 4.06. The van der Waals surface area contributed by atoms with Crippen LogP contribution in [-0.4, -0.2) is 25.1 Å². The Labute approximate surface area is 151 Å². The molecule has 2 aromatic carbocycles. The molecule has 0 saturated carbocycles. The van der Waals surface area contributed by atoms with Crippen LogP contribution in [0.5, 0.6) is 0 Å². The van der Waals surface area contributed by atoms with Crippen LogP contribution < -0.4 is 10.9 Å². The lowest BCUT2D eigenvalue weighted by molar-refractivity contribution is -0.118. The average Bonchev–Trinajstić information content (AvgIpc) is 2.97. The number of aromatic nitrogens is 1. The summed E-state index contributed by atoms with van der Waals surface area (Å²) in [5, 5.41) is 0.850. The van der Waals surface area contributed by atoms with Crippen LogP contribution in [0.3, 0.4) is 0 Å². The maximum absolute atomic E-state index is 12.9. The number of nitrogens with one attached hydrogen (secondary N) is 2. The van der Waals surface area contributed by atoms with E-state index < -0.39 is 27.3 Å². The number of thiazole rings is 1. The number of hydrazine groups is 1. The van der Waals surface area contributed by atoms with Crippen molar-refractivity contribution in [2.75, 3.05) is 11.2 Å². The molecule has 3 rings (SSSR count). The van der Waals surface area contributed by atoms with Gasteiger partial charge in [-0.25, -0.2) is 17.8 Å². The Morgan fingerprint density at radius 1 is 1.20 bits per heavy atom. The lowest BCUT2D eigenvalue weighted by atomic mass is 10.3. The van der Waals surface area contributed by atoms with Crippen molar-refractivity contribution in [3.63, 3.8) is 0 Å². The number of hydrogen-bond donors (Lipinski definition) is 2. The smallest absolute Gasteiger partial charge is 0.253 e. The summed E-state index contributed by atoms with van der Waals surface area (Å²) in [5.74, 6) is -2.11. The molecule has 0 aliphatic heterocycles. The van der Waals surface area contributed by atoms with Crippen LogP contribution in [0.15, 0.2) is 47.4 Å². The molecule has 130 valence electrons. The fraction of sp³-hybridized carbons (Fsp3) is 0.0667. The fourth-order valence-electron chi connectivity index (χ4n) is 2.03. The Hall–Kier alpha value is -2.23. The van der Waals surface area contributed by atoms with Gasteiger partial charge in [-0.05, 0) is 36.4 Å². The number of halogens is 2. The molecule has 6 nitrogen and oxygen atoms in total. The summed E-state index contributed by atoms with van der Waals surface area (Å²) in [5.41, 5.74) is 5.44. The summed E-state index contributed by atoms with van der Waals surface area (Å²) in [6.45, 7) is 0. The Morgan fingerprint density at radius 2 is 1.92 bits per heavy atom. The molecule has 1 aromatic heterocycles. The van der Waals surface area contributed by atoms with Gasteiger partial charge in [-0.2, -0.15) is 0 Å². The average molecular weight is 400 g/mol. The molecule has 0 aliphatic carbocycles. The second-order valence-electron chi connectivity index (χ2n) is 4.99. The zero-order valence-electron chi connectivity index (χ0n) is 12.5. The second-order valence-corrected chi connectivity index (χ2v) is 8.42. The molecule has 3 aromatic rings. The van der Waals surface area contributed by atoms with E-state index in [2.05, 4.69) is 15.8 Å². The number of amides is 1. The lowest BCUT2D eigenvalue weighted by Crippen LogP contribution is -2.34. The second kappa shape index (κ2) is 6.95. The first-order valence-electron chi connectivity index (χ1n) is 6.93. The minimum Gasteiger partial charge on any atom is -0.273 e. The molecule has 1 heterocycles. The van der Waals surface area contributed by atoms with Gasteiger partial charge in [0.25, 0.3) is 5.91 Å². The van der Waals surface area contributed by atoms with Gasteiger partial charge < -0.3 is 0 Å². The van der Waals surface area contributed by atoms with Crippen LogP contribution in [-0.2, 0) is 14.6 Å². The van der Waals surface area contributed by atoms with Crippen molar-refractivity contribution in [3.8, 4) is 0 Å². The maximum atomic E-state index is 12.9. The SMILES string of the molecule is O=C(CS(=O)(=O)c1ccc(F)cc1)NNc1nc2c(Cl)cccc2s1. The molecule has 0 radical (unpaired) electrons. The minimum absolute atomic E-state index is 0.129. The molecule has 0 saturated heterocycles. The van der Waals surface area contributed by atoms with E-state index in [0.29, 0.717) is 15.7 Å². The summed E-state index contributed by atoms with van der Waals surface area (Å²) >= 11 is 7.28. The number of nitrogens with zero attached hydrogens (tertiary/aromatic N) is 1. The van der Waals surface area contributed by atoms with E-state index in [1.54, 1.807) is 12.1 Å². The summed E-state index contributed by atoms with van der Waals surface area (Å²) in [6, 6.07) is 9.57. The highest BCUT2D eigenvalue weighted by Crippen LogP contribution is 2.30. The van der Waals surface area contributed by atoms with Crippen LogP contribution in [0.25, 0.3) is 10.2 Å². The van der Waals surface area contributed by atoms with Gasteiger partial charge in [-0.15, -0.1) is 0 Å². The van der Waals surface area contributed by atoms with Gasteiger partial charge in [-0.1, -0.05) is 29.0 Å². The highest BCUT2D eigenvalue weighted by atomic mass is 35.5. The first kappa shape index (κ1) is 17.6. The fourth-order valence-corrected chi connectivity index (χ4v) is 4.28. The number of benzene rings is 2. The van der Waals surface area contributed by atoms with Crippen LogP contribution in [0, 0.1) is 5.82 Å². The van der Waals surface area contributed by atoms with Crippen molar-refractivity contribution >= 4 is 54.0 Å². The molecular formula is C15H11ClFN3O3S2.